The predicted octanol–water partition coefficient (Wildman–Crippen LogP) is 2.38. The first kappa shape index (κ1) is 15.9. The Morgan fingerprint density at radius 3 is 2.65 bits per heavy atom. The number of allylic oxidation sites excluding steroid dienone is 1. The van der Waals surface area contributed by atoms with Crippen LogP contribution in [0.2, 0.25) is 0 Å². The number of nitrogens with two attached hydrogens (primary N) is 1. The van der Waals surface area contributed by atoms with Gasteiger partial charge in [0.25, 0.3) is 5.69 Å². The highest BCUT2D eigenvalue weighted by Gasteiger charge is 2.11. The molecule has 0 fully saturated rings. The van der Waals surface area contributed by atoms with Crippen LogP contribution in [0.25, 0.3) is 6.08 Å². The lowest BCUT2D eigenvalue weighted by Crippen LogP contribution is -2.11. The maximum absolute atomic E-state index is 11.1. The summed E-state index contributed by atoms with van der Waals surface area (Å²) in [5.41, 5.74) is 5.58. The Labute approximate surface area is 120 Å². The summed E-state index contributed by atoms with van der Waals surface area (Å²) in [6.07, 6.45) is 4.11. The number of benzene rings is 1. The van der Waals surface area contributed by atoms with Gasteiger partial charge in [-0.3, -0.25) is 19.7 Å². The molecule has 0 radical (unpaired) electrons. The van der Waals surface area contributed by atoms with Crippen molar-refractivity contribution in [2.45, 2.75) is 13.3 Å². The number of nitro groups is 1. The van der Waals surface area contributed by atoms with Crippen LogP contribution >= 0.6 is 11.8 Å². The SMILES string of the molecule is CC(=O)SCCC=Cc1cc(C(N)=O)cc([N+](=O)[O-])c1. The number of hydrogen-bond donors (Lipinski definition) is 1. The van der Waals surface area contributed by atoms with E-state index in [0.717, 1.165) is 6.07 Å². The Morgan fingerprint density at radius 1 is 1.40 bits per heavy atom. The maximum Gasteiger partial charge on any atom is 0.270 e. The van der Waals surface area contributed by atoms with Crippen LogP contribution in [0.3, 0.4) is 0 Å². The fourth-order valence-electron chi connectivity index (χ4n) is 1.47. The Kier molecular flexibility index (Phi) is 5.92. The van der Waals surface area contributed by atoms with Crippen molar-refractivity contribution in [3.05, 3.63) is 45.5 Å². The number of primary amides is 1. The molecule has 7 heteroatoms. The van der Waals surface area contributed by atoms with Crippen LogP contribution in [0.5, 0.6) is 0 Å². The molecule has 106 valence electrons. The van der Waals surface area contributed by atoms with Gasteiger partial charge in [-0.05, 0) is 18.1 Å². The molecule has 20 heavy (non-hydrogen) atoms. The molecular formula is C13H14N2O4S. The van der Waals surface area contributed by atoms with Crippen molar-refractivity contribution in [1.29, 1.82) is 0 Å². The fourth-order valence-corrected chi connectivity index (χ4v) is 2.01. The first-order chi connectivity index (χ1) is 9.40. The second-order valence-electron chi connectivity index (χ2n) is 3.97. The molecule has 1 rings (SSSR count). The van der Waals surface area contributed by atoms with Gasteiger partial charge >= 0.3 is 0 Å². The van der Waals surface area contributed by atoms with Crippen molar-refractivity contribution in [2.24, 2.45) is 5.73 Å². The largest absolute Gasteiger partial charge is 0.366 e. The summed E-state index contributed by atoms with van der Waals surface area (Å²) in [5, 5.41) is 10.8. The maximum atomic E-state index is 11.1. The Morgan fingerprint density at radius 2 is 2.10 bits per heavy atom. The van der Waals surface area contributed by atoms with E-state index in [1.807, 2.05) is 0 Å². The standard InChI is InChI=1S/C13H14N2O4S/c1-9(16)20-5-3-2-4-10-6-11(13(14)17)8-12(7-10)15(18)19/h2,4,6-8H,3,5H2,1H3,(H2,14,17). The molecule has 0 atom stereocenters. The minimum Gasteiger partial charge on any atom is -0.366 e. The third kappa shape index (κ3) is 5.23. The highest BCUT2D eigenvalue weighted by atomic mass is 32.2. The number of nitro benzene ring substituents is 1. The lowest BCUT2D eigenvalue weighted by molar-refractivity contribution is -0.384. The second kappa shape index (κ2) is 7.44. The van der Waals surface area contributed by atoms with Gasteiger partial charge in [-0.25, -0.2) is 0 Å². The Balaban J connectivity index is 2.83. The smallest absolute Gasteiger partial charge is 0.270 e. The minimum absolute atomic E-state index is 0.0461. The average Bonchev–Trinajstić information content (AvgIpc) is 2.37. The number of hydrogen-bond acceptors (Lipinski definition) is 5. The number of thioether (sulfide) groups is 1. The number of nitrogens with zero attached hydrogens (tertiary/aromatic N) is 1. The van der Waals surface area contributed by atoms with Crippen molar-refractivity contribution < 1.29 is 14.5 Å². The van der Waals surface area contributed by atoms with E-state index in [1.54, 1.807) is 12.2 Å². The molecule has 0 bridgehead atoms. The Hall–Kier alpha value is -2.15. The van der Waals surface area contributed by atoms with E-state index >= 15 is 0 Å². The van der Waals surface area contributed by atoms with Gasteiger partial charge in [0.05, 0.1) is 4.92 Å². The van der Waals surface area contributed by atoms with Crippen LogP contribution in [0.15, 0.2) is 24.3 Å². The summed E-state index contributed by atoms with van der Waals surface area (Å²) < 4.78 is 0. The summed E-state index contributed by atoms with van der Waals surface area (Å²) >= 11 is 1.21. The zero-order chi connectivity index (χ0) is 15.1. The van der Waals surface area contributed by atoms with Crippen molar-refractivity contribution in [3.8, 4) is 0 Å². The molecule has 0 unspecified atom stereocenters. The van der Waals surface area contributed by atoms with Crippen molar-refractivity contribution in [3.63, 3.8) is 0 Å². The number of carbonyl (C=O) groups is 2. The van der Waals surface area contributed by atoms with E-state index in [9.17, 15) is 19.7 Å². The lowest BCUT2D eigenvalue weighted by atomic mass is 10.1. The van der Waals surface area contributed by atoms with Crippen molar-refractivity contribution in [1.82, 2.24) is 0 Å². The zero-order valence-electron chi connectivity index (χ0n) is 10.9. The summed E-state index contributed by atoms with van der Waals surface area (Å²) in [7, 11) is 0. The molecule has 0 spiro atoms. The second-order valence-corrected chi connectivity index (χ2v) is 5.24. The van der Waals surface area contributed by atoms with Crippen LogP contribution in [0.4, 0.5) is 5.69 Å². The highest BCUT2D eigenvalue weighted by Crippen LogP contribution is 2.18. The van der Waals surface area contributed by atoms with Gasteiger partial charge < -0.3 is 5.73 Å². The van der Waals surface area contributed by atoms with E-state index in [1.165, 1.54) is 30.8 Å². The number of carbonyl (C=O) groups excluding carboxylic acids is 2. The van der Waals surface area contributed by atoms with Gasteiger partial charge in [0.15, 0.2) is 5.12 Å². The summed E-state index contributed by atoms with van der Waals surface area (Å²) in [6.45, 7) is 1.49. The molecule has 0 aliphatic carbocycles. The number of non-ortho nitro benzene ring substituents is 1. The van der Waals surface area contributed by atoms with Gasteiger partial charge in [-0.1, -0.05) is 23.9 Å². The molecule has 0 heterocycles. The lowest BCUT2D eigenvalue weighted by Gasteiger charge is -2.00. The van der Waals surface area contributed by atoms with Gasteiger partial charge in [-0.2, -0.15) is 0 Å². The van der Waals surface area contributed by atoms with Gasteiger partial charge in [-0.15, -0.1) is 0 Å². The third-order valence-electron chi connectivity index (χ3n) is 2.34. The first-order valence-electron chi connectivity index (χ1n) is 5.79. The minimum atomic E-state index is -0.713. The third-order valence-corrected chi connectivity index (χ3v) is 3.18. The highest BCUT2D eigenvalue weighted by molar-refractivity contribution is 8.13. The summed E-state index contributed by atoms with van der Waals surface area (Å²) in [6, 6.07) is 4.00. The van der Waals surface area contributed by atoms with Gasteiger partial charge in [0, 0.05) is 30.4 Å². The van der Waals surface area contributed by atoms with Crippen LogP contribution < -0.4 is 5.73 Å². The molecular weight excluding hydrogens is 280 g/mol. The normalized spacial score (nSPS) is 10.7. The number of amides is 1. The van der Waals surface area contributed by atoms with Crippen LogP contribution in [0.1, 0.15) is 29.3 Å². The zero-order valence-corrected chi connectivity index (χ0v) is 11.7. The van der Waals surface area contributed by atoms with Gasteiger partial charge in [0.2, 0.25) is 5.91 Å². The quantitative estimate of drug-likeness (QED) is 0.493. The summed E-state index contributed by atoms with van der Waals surface area (Å²) in [5.74, 6) is -0.0702. The number of rotatable bonds is 6. The monoisotopic (exact) mass is 294 g/mol. The topological polar surface area (TPSA) is 103 Å². The molecule has 1 aromatic rings. The van der Waals surface area contributed by atoms with Crippen LogP contribution in [-0.2, 0) is 4.79 Å². The van der Waals surface area contributed by atoms with Crippen molar-refractivity contribution in [2.75, 3.05) is 5.75 Å². The molecule has 0 saturated heterocycles. The predicted molar refractivity (Wildman–Crippen MR) is 78.4 cm³/mol. The molecule has 2 N–H and O–H groups in total. The van der Waals surface area contributed by atoms with E-state index in [0.29, 0.717) is 17.7 Å². The molecule has 1 amide bonds. The molecule has 0 saturated carbocycles. The Bertz CT molecular complexity index is 537. The van der Waals surface area contributed by atoms with E-state index in [2.05, 4.69) is 0 Å². The molecule has 6 nitrogen and oxygen atoms in total. The first-order valence-corrected chi connectivity index (χ1v) is 6.78. The van der Waals surface area contributed by atoms with E-state index in [-0.39, 0.29) is 16.4 Å². The molecule has 0 aliphatic heterocycles. The average molecular weight is 294 g/mol. The van der Waals surface area contributed by atoms with Crippen LogP contribution in [0, 0.1) is 10.1 Å². The van der Waals surface area contributed by atoms with E-state index in [4.69, 9.17) is 5.73 Å². The fraction of sp³-hybridized carbons (Fsp3) is 0.231. The molecule has 0 aliphatic rings. The summed E-state index contributed by atoms with van der Waals surface area (Å²) in [4.78, 5) is 32.0. The van der Waals surface area contributed by atoms with Gasteiger partial charge in [0.1, 0.15) is 0 Å². The van der Waals surface area contributed by atoms with Crippen molar-refractivity contribution >= 4 is 34.5 Å². The molecule has 0 aromatic heterocycles. The van der Waals surface area contributed by atoms with E-state index < -0.39 is 10.8 Å². The van der Waals surface area contributed by atoms with Crippen LogP contribution in [-0.4, -0.2) is 21.7 Å². The molecule has 1 aromatic carbocycles.